The zero-order valence-corrected chi connectivity index (χ0v) is 11.5. The second-order valence-electron chi connectivity index (χ2n) is 4.59. The lowest BCUT2D eigenvalue weighted by Gasteiger charge is -2.12. The Morgan fingerprint density at radius 2 is 2.11 bits per heavy atom. The summed E-state index contributed by atoms with van der Waals surface area (Å²) in [6.07, 6.45) is 3.89. The van der Waals surface area contributed by atoms with Crippen LogP contribution in [0.4, 0.5) is 0 Å². The van der Waals surface area contributed by atoms with Crippen LogP contribution < -0.4 is 0 Å². The van der Waals surface area contributed by atoms with Gasteiger partial charge in [-0.05, 0) is 43.4 Å². The Morgan fingerprint density at radius 1 is 1.33 bits per heavy atom. The highest BCUT2D eigenvalue weighted by Crippen LogP contribution is 2.19. The van der Waals surface area contributed by atoms with Gasteiger partial charge in [0.15, 0.2) is 0 Å². The molecular weight excluding hydrogens is 224 g/mol. The first-order valence-electron chi connectivity index (χ1n) is 6.71. The van der Waals surface area contributed by atoms with Gasteiger partial charge < -0.3 is 9.84 Å². The van der Waals surface area contributed by atoms with Gasteiger partial charge in [0.25, 0.3) is 0 Å². The molecule has 0 aromatic heterocycles. The van der Waals surface area contributed by atoms with E-state index in [2.05, 4.69) is 32.6 Å². The van der Waals surface area contributed by atoms with E-state index in [4.69, 9.17) is 9.84 Å². The van der Waals surface area contributed by atoms with Crippen molar-refractivity contribution in [2.24, 2.45) is 0 Å². The number of aryl methyl sites for hydroxylation is 2. The van der Waals surface area contributed by atoms with Gasteiger partial charge >= 0.3 is 0 Å². The van der Waals surface area contributed by atoms with E-state index in [0.29, 0.717) is 0 Å². The summed E-state index contributed by atoms with van der Waals surface area (Å²) in [5, 5.41) is 8.90. The summed E-state index contributed by atoms with van der Waals surface area (Å²) in [6.45, 7) is 9.18. The average molecular weight is 248 g/mol. The summed E-state index contributed by atoms with van der Waals surface area (Å²) in [7, 11) is 0. The van der Waals surface area contributed by atoms with E-state index in [1.54, 1.807) is 0 Å². The van der Waals surface area contributed by atoms with Crippen molar-refractivity contribution in [1.82, 2.24) is 0 Å². The van der Waals surface area contributed by atoms with E-state index >= 15 is 0 Å². The SMILES string of the molecule is C=C(OCCCC)c1ccc(C)c(CCCO)c1. The molecule has 2 nitrogen and oxygen atoms in total. The van der Waals surface area contributed by atoms with Crippen LogP contribution in [0.3, 0.4) is 0 Å². The summed E-state index contributed by atoms with van der Waals surface area (Å²) < 4.78 is 5.62. The second kappa shape index (κ2) is 7.93. The normalized spacial score (nSPS) is 10.4. The summed E-state index contributed by atoms with van der Waals surface area (Å²) in [6, 6.07) is 6.27. The largest absolute Gasteiger partial charge is 0.494 e. The minimum absolute atomic E-state index is 0.234. The summed E-state index contributed by atoms with van der Waals surface area (Å²) >= 11 is 0. The molecule has 0 aliphatic carbocycles. The molecule has 0 radical (unpaired) electrons. The quantitative estimate of drug-likeness (QED) is 0.561. The molecule has 0 atom stereocenters. The number of benzene rings is 1. The Labute approximate surface area is 110 Å². The van der Waals surface area contributed by atoms with Crippen LogP contribution in [0.25, 0.3) is 5.76 Å². The van der Waals surface area contributed by atoms with Crippen LogP contribution in [-0.4, -0.2) is 18.3 Å². The number of rotatable bonds is 8. The van der Waals surface area contributed by atoms with Gasteiger partial charge in [0.05, 0.1) is 6.61 Å². The first-order valence-corrected chi connectivity index (χ1v) is 6.71. The maximum absolute atomic E-state index is 8.90. The molecule has 1 N–H and O–H groups in total. The Kier molecular flexibility index (Phi) is 6.51. The lowest BCUT2D eigenvalue weighted by Crippen LogP contribution is -1.97. The fraction of sp³-hybridized carbons (Fsp3) is 0.500. The molecule has 0 fully saturated rings. The Morgan fingerprint density at radius 3 is 2.78 bits per heavy atom. The van der Waals surface area contributed by atoms with Crippen LogP contribution in [-0.2, 0) is 11.2 Å². The zero-order chi connectivity index (χ0) is 13.4. The Balaban J connectivity index is 2.68. The number of aliphatic hydroxyl groups excluding tert-OH is 1. The molecule has 0 heterocycles. The number of hydrogen-bond acceptors (Lipinski definition) is 2. The highest BCUT2D eigenvalue weighted by Gasteiger charge is 2.04. The van der Waals surface area contributed by atoms with Crippen LogP contribution in [0.2, 0.25) is 0 Å². The molecule has 18 heavy (non-hydrogen) atoms. The molecule has 0 unspecified atom stereocenters. The molecule has 0 aliphatic heterocycles. The third kappa shape index (κ3) is 4.53. The zero-order valence-electron chi connectivity index (χ0n) is 11.5. The predicted molar refractivity (Wildman–Crippen MR) is 76.5 cm³/mol. The smallest absolute Gasteiger partial charge is 0.119 e. The second-order valence-corrected chi connectivity index (χ2v) is 4.59. The summed E-state index contributed by atoms with van der Waals surface area (Å²) in [5.74, 6) is 0.744. The molecule has 0 spiro atoms. The first kappa shape index (κ1) is 14.8. The van der Waals surface area contributed by atoms with E-state index in [1.807, 2.05) is 6.07 Å². The monoisotopic (exact) mass is 248 g/mol. The molecule has 1 aromatic rings. The summed E-state index contributed by atoms with van der Waals surface area (Å²) in [5.41, 5.74) is 3.57. The Hall–Kier alpha value is -1.28. The van der Waals surface area contributed by atoms with Crippen LogP contribution in [0, 0.1) is 6.92 Å². The number of ether oxygens (including phenoxy) is 1. The molecule has 0 amide bonds. The molecule has 1 rings (SSSR count). The van der Waals surface area contributed by atoms with E-state index in [0.717, 1.165) is 43.6 Å². The van der Waals surface area contributed by atoms with E-state index in [1.165, 1.54) is 11.1 Å². The van der Waals surface area contributed by atoms with Gasteiger partial charge in [-0.15, -0.1) is 0 Å². The standard InChI is InChI=1S/C16H24O2/c1-4-5-11-18-14(3)16-9-8-13(2)15(12-16)7-6-10-17/h8-9,12,17H,3-7,10-11H2,1-2H3. The fourth-order valence-electron chi connectivity index (χ4n) is 1.81. The lowest BCUT2D eigenvalue weighted by atomic mass is 10.0. The number of unbranched alkanes of at least 4 members (excludes halogenated alkanes) is 1. The van der Waals surface area contributed by atoms with Gasteiger partial charge in [-0.25, -0.2) is 0 Å². The minimum Gasteiger partial charge on any atom is -0.494 e. The average Bonchev–Trinajstić information content (AvgIpc) is 2.38. The third-order valence-corrected chi connectivity index (χ3v) is 3.05. The van der Waals surface area contributed by atoms with Gasteiger partial charge in [0.2, 0.25) is 0 Å². The molecular formula is C16H24O2. The van der Waals surface area contributed by atoms with Crippen molar-refractivity contribution in [3.05, 3.63) is 41.5 Å². The molecule has 100 valence electrons. The number of hydrogen-bond donors (Lipinski definition) is 1. The van der Waals surface area contributed by atoms with Crippen molar-refractivity contribution in [3.8, 4) is 0 Å². The van der Waals surface area contributed by atoms with Crippen molar-refractivity contribution in [3.63, 3.8) is 0 Å². The molecule has 0 saturated heterocycles. The molecule has 0 aliphatic rings. The number of aliphatic hydroxyl groups is 1. The molecule has 0 bridgehead atoms. The van der Waals surface area contributed by atoms with Gasteiger partial charge in [-0.2, -0.15) is 0 Å². The fourth-order valence-corrected chi connectivity index (χ4v) is 1.81. The predicted octanol–water partition coefficient (Wildman–Crippen LogP) is 3.71. The van der Waals surface area contributed by atoms with Crippen LogP contribution in [0.5, 0.6) is 0 Å². The molecule has 0 saturated carbocycles. The topological polar surface area (TPSA) is 29.5 Å². The van der Waals surface area contributed by atoms with Crippen molar-refractivity contribution >= 4 is 5.76 Å². The molecule has 2 heteroatoms. The van der Waals surface area contributed by atoms with Gasteiger partial charge in [0.1, 0.15) is 5.76 Å². The highest BCUT2D eigenvalue weighted by atomic mass is 16.5. The van der Waals surface area contributed by atoms with Crippen LogP contribution in [0.1, 0.15) is 42.9 Å². The summed E-state index contributed by atoms with van der Waals surface area (Å²) in [4.78, 5) is 0. The third-order valence-electron chi connectivity index (χ3n) is 3.05. The van der Waals surface area contributed by atoms with Crippen LogP contribution >= 0.6 is 0 Å². The van der Waals surface area contributed by atoms with Crippen LogP contribution in [0.15, 0.2) is 24.8 Å². The maximum Gasteiger partial charge on any atom is 0.119 e. The van der Waals surface area contributed by atoms with Crippen molar-refractivity contribution < 1.29 is 9.84 Å². The highest BCUT2D eigenvalue weighted by molar-refractivity contribution is 5.59. The van der Waals surface area contributed by atoms with Gasteiger partial charge in [-0.1, -0.05) is 32.1 Å². The van der Waals surface area contributed by atoms with E-state index in [-0.39, 0.29) is 6.61 Å². The maximum atomic E-state index is 8.90. The van der Waals surface area contributed by atoms with E-state index < -0.39 is 0 Å². The van der Waals surface area contributed by atoms with Gasteiger partial charge in [-0.3, -0.25) is 0 Å². The van der Waals surface area contributed by atoms with Crippen molar-refractivity contribution in [2.75, 3.05) is 13.2 Å². The van der Waals surface area contributed by atoms with Gasteiger partial charge in [0, 0.05) is 12.2 Å². The minimum atomic E-state index is 0.234. The van der Waals surface area contributed by atoms with E-state index in [9.17, 15) is 0 Å². The first-order chi connectivity index (χ1) is 8.69. The van der Waals surface area contributed by atoms with Crippen molar-refractivity contribution in [2.45, 2.75) is 39.5 Å². The lowest BCUT2D eigenvalue weighted by molar-refractivity contribution is 0.271. The van der Waals surface area contributed by atoms with Crippen molar-refractivity contribution in [1.29, 1.82) is 0 Å². The Bertz CT molecular complexity index is 383. The molecule has 1 aromatic carbocycles.